The number of aryl methyl sites for hydroxylation is 1. The monoisotopic (exact) mass is 208 g/mol. The zero-order valence-electron chi connectivity index (χ0n) is 10.5. The summed E-state index contributed by atoms with van der Waals surface area (Å²) in [7, 11) is 0. The third-order valence-corrected chi connectivity index (χ3v) is 2.75. The zero-order chi connectivity index (χ0) is 11.8. The summed E-state index contributed by atoms with van der Waals surface area (Å²) < 4.78 is 1.98. The van der Waals surface area contributed by atoms with Crippen LogP contribution in [0, 0.1) is 13.8 Å². The fourth-order valence-electron chi connectivity index (χ4n) is 2.16. The summed E-state index contributed by atoms with van der Waals surface area (Å²) in [5.74, 6) is 0. The molecule has 84 valence electrons. The second-order valence-corrected chi connectivity index (χ2v) is 4.92. The van der Waals surface area contributed by atoms with E-state index in [9.17, 15) is 4.79 Å². The number of carbonyl (C=O) groups excluding carboxylic acids is 1. The van der Waals surface area contributed by atoms with Crippen molar-refractivity contribution in [2.24, 2.45) is 0 Å². The average Bonchev–Trinajstić information content (AvgIpc) is 2.42. The summed E-state index contributed by atoms with van der Waals surface area (Å²) in [6.07, 6.45) is 0.995. The summed E-state index contributed by atoms with van der Waals surface area (Å²) in [5.41, 5.74) is 2.67. The third-order valence-electron chi connectivity index (χ3n) is 2.75. The summed E-state index contributed by atoms with van der Waals surface area (Å²) >= 11 is 0. The van der Waals surface area contributed by atoms with E-state index in [0.717, 1.165) is 23.2 Å². The Kier molecular flexibility index (Phi) is 3.03. The van der Waals surface area contributed by atoms with Crippen LogP contribution in [0.15, 0.2) is 0 Å². The van der Waals surface area contributed by atoms with E-state index in [4.69, 9.17) is 0 Å². The average molecular weight is 208 g/mol. The van der Waals surface area contributed by atoms with Crippen molar-refractivity contribution in [2.45, 2.75) is 53.0 Å². The van der Waals surface area contributed by atoms with Crippen LogP contribution >= 0.6 is 0 Å². The van der Waals surface area contributed by atoms with E-state index < -0.39 is 5.41 Å². The van der Waals surface area contributed by atoms with Gasteiger partial charge in [0.15, 0.2) is 0 Å². The van der Waals surface area contributed by atoms with E-state index in [0.29, 0.717) is 6.04 Å². The maximum Gasteiger partial charge on any atom is 0.130 e. The lowest BCUT2D eigenvalue weighted by molar-refractivity contribution is -0.111. The Labute approximate surface area is 91.5 Å². The fourth-order valence-corrected chi connectivity index (χ4v) is 2.16. The number of carbonyl (C=O) groups is 1. The molecule has 0 bridgehead atoms. The lowest BCUT2D eigenvalue weighted by Gasteiger charge is -2.18. The van der Waals surface area contributed by atoms with Gasteiger partial charge in [0.25, 0.3) is 0 Å². The molecule has 0 N–H and O–H groups in total. The van der Waals surface area contributed by atoms with Gasteiger partial charge in [0.05, 0.1) is 5.69 Å². The molecule has 0 aliphatic carbocycles. The number of aldehydes is 1. The molecular weight excluding hydrogens is 188 g/mol. The first-order valence-corrected chi connectivity index (χ1v) is 5.33. The van der Waals surface area contributed by atoms with Gasteiger partial charge < -0.3 is 4.79 Å². The molecule has 0 amide bonds. The molecule has 1 aromatic heterocycles. The SMILES string of the molecule is Cc1nn(C(C)C)c(C)c1C(C)(C)C=O. The Morgan fingerprint density at radius 2 is 1.87 bits per heavy atom. The maximum atomic E-state index is 11.1. The van der Waals surface area contributed by atoms with E-state index in [2.05, 4.69) is 18.9 Å². The normalized spacial score (nSPS) is 12.2. The van der Waals surface area contributed by atoms with E-state index >= 15 is 0 Å². The molecule has 0 unspecified atom stereocenters. The van der Waals surface area contributed by atoms with Crippen molar-refractivity contribution in [2.75, 3.05) is 0 Å². The van der Waals surface area contributed by atoms with Gasteiger partial charge in [-0.25, -0.2) is 0 Å². The molecular formula is C12H20N2O. The van der Waals surface area contributed by atoms with Gasteiger partial charge in [0.2, 0.25) is 0 Å². The topological polar surface area (TPSA) is 34.9 Å². The van der Waals surface area contributed by atoms with Gasteiger partial charge in [-0.05, 0) is 41.5 Å². The van der Waals surface area contributed by atoms with Crippen LogP contribution < -0.4 is 0 Å². The van der Waals surface area contributed by atoms with Crippen LogP contribution in [0.2, 0.25) is 0 Å². The molecule has 0 aliphatic rings. The van der Waals surface area contributed by atoms with Gasteiger partial charge in [0.1, 0.15) is 6.29 Å². The number of hydrogen-bond donors (Lipinski definition) is 0. The van der Waals surface area contributed by atoms with Crippen molar-refractivity contribution in [1.82, 2.24) is 9.78 Å². The number of aromatic nitrogens is 2. The second-order valence-electron chi connectivity index (χ2n) is 4.92. The van der Waals surface area contributed by atoms with Gasteiger partial charge in [-0.3, -0.25) is 4.68 Å². The van der Waals surface area contributed by atoms with Crippen molar-refractivity contribution < 1.29 is 4.79 Å². The van der Waals surface area contributed by atoms with Gasteiger partial charge in [-0.15, -0.1) is 0 Å². The first-order chi connectivity index (χ1) is 6.81. The first-order valence-electron chi connectivity index (χ1n) is 5.33. The summed E-state index contributed by atoms with van der Waals surface area (Å²) in [5, 5.41) is 4.48. The summed E-state index contributed by atoms with van der Waals surface area (Å²) in [6.45, 7) is 12.0. The molecule has 1 aromatic rings. The van der Waals surface area contributed by atoms with E-state index in [1.54, 1.807) is 0 Å². The molecule has 1 rings (SSSR count). The Balaban J connectivity index is 3.37. The van der Waals surface area contributed by atoms with Crippen molar-refractivity contribution in [3.05, 3.63) is 17.0 Å². The predicted molar refractivity (Wildman–Crippen MR) is 61.2 cm³/mol. The lowest BCUT2D eigenvalue weighted by Crippen LogP contribution is -2.21. The molecule has 0 saturated heterocycles. The van der Waals surface area contributed by atoms with Gasteiger partial charge in [-0.2, -0.15) is 5.10 Å². The van der Waals surface area contributed by atoms with Crippen LogP contribution in [0.3, 0.4) is 0 Å². The number of rotatable bonds is 3. The number of hydrogen-bond acceptors (Lipinski definition) is 2. The molecule has 0 aliphatic heterocycles. The molecule has 0 spiro atoms. The second kappa shape index (κ2) is 3.80. The van der Waals surface area contributed by atoms with E-state index in [-0.39, 0.29) is 0 Å². The first kappa shape index (κ1) is 12.0. The van der Waals surface area contributed by atoms with E-state index in [1.165, 1.54) is 0 Å². The van der Waals surface area contributed by atoms with E-state index in [1.807, 2.05) is 32.4 Å². The molecule has 0 atom stereocenters. The molecule has 15 heavy (non-hydrogen) atoms. The molecule has 0 saturated carbocycles. The van der Waals surface area contributed by atoms with Gasteiger partial charge in [-0.1, -0.05) is 0 Å². The molecule has 3 heteroatoms. The van der Waals surface area contributed by atoms with Crippen LogP contribution in [0.4, 0.5) is 0 Å². The minimum atomic E-state index is -0.443. The predicted octanol–water partition coefficient (Wildman–Crippen LogP) is 2.56. The van der Waals surface area contributed by atoms with Crippen LogP contribution in [0.1, 0.15) is 50.7 Å². The molecule has 1 heterocycles. The largest absolute Gasteiger partial charge is 0.302 e. The Morgan fingerprint density at radius 3 is 2.20 bits per heavy atom. The Hall–Kier alpha value is -1.12. The minimum Gasteiger partial charge on any atom is -0.302 e. The molecule has 3 nitrogen and oxygen atoms in total. The Bertz CT molecular complexity index is 375. The molecule has 0 fully saturated rings. The van der Waals surface area contributed by atoms with Crippen molar-refractivity contribution in [3.63, 3.8) is 0 Å². The van der Waals surface area contributed by atoms with Gasteiger partial charge in [0, 0.05) is 22.7 Å². The third kappa shape index (κ3) is 1.96. The molecule has 0 radical (unpaired) electrons. The highest BCUT2D eigenvalue weighted by Gasteiger charge is 2.27. The molecule has 0 aromatic carbocycles. The maximum absolute atomic E-state index is 11.1. The van der Waals surface area contributed by atoms with Crippen LogP contribution in [-0.4, -0.2) is 16.1 Å². The minimum absolute atomic E-state index is 0.333. The van der Waals surface area contributed by atoms with Crippen molar-refractivity contribution in [1.29, 1.82) is 0 Å². The smallest absolute Gasteiger partial charge is 0.130 e. The van der Waals surface area contributed by atoms with Crippen molar-refractivity contribution >= 4 is 6.29 Å². The summed E-state index contributed by atoms with van der Waals surface area (Å²) in [6, 6.07) is 0.333. The van der Waals surface area contributed by atoms with Crippen LogP contribution in [0.5, 0.6) is 0 Å². The quantitative estimate of drug-likeness (QED) is 0.715. The highest BCUT2D eigenvalue weighted by atomic mass is 16.1. The Morgan fingerprint density at radius 1 is 1.33 bits per heavy atom. The zero-order valence-corrected chi connectivity index (χ0v) is 10.5. The standard InChI is InChI=1S/C12H20N2O/c1-8(2)14-10(4)11(9(3)13-14)12(5,6)7-15/h7-8H,1-6H3. The van der Waals surface area contributed by atoms with Crippen LogP contribution in [0.25, 0.3) is 0 Å². The summed E-state index contributed by atoms with van der Waals surface area (Å²) in [4.78, 5) is 11.1. The van der Waals surface area contributed by atoms with Crippen molar-refractivity contribution in [3.8, 4) is 0 Å². The number of nitrogens with zero attached hydrogens (tertiary/aromatic N) is 2. The highest BCUT2D eigenvalue weighted by Crippen LogP contribution is 2.28. The van der Waals surface area contributed by atoms with Crippen LogP contribution in [-0.2, 0) is 10.2 Å². The van der Waals surface area contributed by atoms with Gasteiger partial charge >= 0.3 is 0 Å². The highest BCUT2D eigenvalue weighted by molar-refractivity contribution is 5.68. The fraction of sp³-hybridized carbons (Fsp3) is 0.667. The lowest BCUT2D eigenvalue weighted by atomic mass is 9.85.